The molecule has 0 radical (unpaired) electrons. The number of methoxy groups -OCH3 is 1. The third-order valence-electron chi connectivity index (χ3n) is 4.55. The van der Waals surface area contributed by atoms with Crippen LogP contribution in [-0.2, 0) is 9.59 Å². The van der Waals surface area contributed by atoms with Gasteiger partial charge in [0.1, 0.15) is 11.8 Å². The molecular formula is C23H29N3O3. The fourth-order valence-electron chi connectivity index (χ4n) is 2.86. The molecule has 0 fully saturated rings. The zero-order valence-electron chi connectivity index (χ0n) is 17.4. The van der Waals surface area contributed by atoms with Gasteiger partial charge in [0.25, 0.3) is 0 Å². The van der Waals surface area contributed by atoms with Gasteiger partial charge in [-0.2, -0.15) is 0 Å². The highest BCUT2D eigenvalue weighted by molar-refractivity contribution is 5.95. The number of likely N-dealkylation sites (N-methyl/N-ethyl adjacent to an activating group) is 1. The molecule has 154 valence electrons. The Morgan fingerprint density at radius 3 is 2.48 bits per heavy atom. The van der Waals surface area contributed by atoms with Crippen LogP contribution in [0.3, 0.4) is 0 Å². The number of hydrogen-bond acceptors (Lipinski definition) is 4. The van der Waals surface area contributed by atoms with Crippen LogP contribution in [0.15, 0.2) is 60.7 Å². The number of nitrogens with one attached hydrogen (secondary N) is 2. The van der Waals surface area contributed by atoms with E-state index in [4.69, 9.17) is 4.74 Å². The summed E-state index contributed by atoms with van der Waals surface area (Å²) in [5, 5.41) is 5.61. The first-order valence-electron chi connectivity index (χ1n) is 9.52. The molecule has 0 heterocycles. The molecule has 0 bridgehead atoms. The fourth-order valence-corrected chi connectivity index (χ4v) is 2.86. The Bertz CT molecular complexity index is 834. The van der Waals surface area contributed by atoms with Crippen LogP contribution in [0, 0.1) is 0 Å². The quantitative estimate of drug-likeness (QED) is 0.641. The van der Waals surface area contributed by atoms with Crippen molar-refractivity contribution < 1.29 is 14.3 Å². The van der Waals surface area contributed by atoms with Crippen LogP contribution < -0.4 is 15.4 Å². The zero-order chi connectivity index (χ0) is 21.2. The van der Waals surface area contributed by atoms with Crippen molar-refractivity contribution in [1.29, 1.82) is 0 Å². The maximum Gasteiger partial charge on any atom is 0.244 e. The molecule has 2 atom stereocenters. The molecule has 2 rings (SSSR count). The minimum Gasteiger partial charge on any atom is -0.497 e. The SMILES string of the molecule is COc1cccc(C(CNC(=O)C(C)NC(=O)C=Cc2ccccc2)N(C)C)c1. The molecule has 0 aliphatic heterocycles. The van der Waals surface area contributed by atoms with Crippen LogP contribution in [0.1, 0.15) is 24.1 Å². The summed E-state index contributed by atoms with van der Waals surface area (Å²) in [5.41, 5.74) is 1.96. The van der Waals surface area contributed by atoms with Gasteiger partial charge in [-0.3, -0.25) is 9.59 Å². The summed E-state index contributed by atoms with van der Waals surface area (Å²) in [4.78, 5) is 26.5. The predicted octanol–water partition coefficient (Wildman–Crippen LogP) is 2.63. The second kappa shape index (κ2) is 11.0. The van der Waals surface area contributed by atoms with Gasteiger partial charge in [0, 0.05) is 12.6 Å². The normalized spacial score (nSPS) is 13.1. The Morgan fingerprint density at radius 2 is 1.83 bits per heavy atom. The lowest BCUT2D eigenvalue weighted by atomic mass is 10.1. The van der Waals surface area contributed by atoms with Gasteiger partial charge in [-0.1, -0.05) is 42.5 Å². The van der Waals surface area contributed by atoms with Gasteiger partial charge < -0.3 is 20.3 Å². The van der Waals surface area contributed by atoms with Crippen molar-refractivity contribution in [3.05, 3.63) is 71.8 Å². The first-order valence-corrected chi connectivity index (χ1v) is 9.52. The first-order chi connectivity index (χ1) is 13.9. The van der Waals surface area contributed by atoms with Crippen molar-refractivity contribution in [3.63, 3.8) is 0 Å². The van der Waals surface area contributed by atoms with Gasteiger partial charge in [0.05, 0.1) is 13.2 Å². The van der Waals surface area contributed by atoms with Crippen molar-refractivity contribution in [3.8, 4) is 5.75 Å². The minimum absolute atomic E-state index is 0.0186. The molecule has 0 saturated heterocycles. The van der Waals surface area contributed by atoms with Gasteiger partial charge in [0.15, 0.2) is 0 Å². The van der Waals surface area contributed by atoms with E-state index in [2.05, 4.69) is 10.6 Å². The molecule has 2 unspecified atom stereocenters. The molecule has 0 aromatic heterocycles. The molecule has 0 aliphatic carbocycles. The molecular weight excluding hydrogens is 366 g/mol. The van der Waals surface area contributed by atoms with Gasteiger partial charge in [-0.05, 0) is 50.4 Å². The molecule has 2 N–H and O–H groups in total. The molecule has 0 spiro atoms. The zero-order valence-corrected chi connectivity index (χ0v) is 17.4. The lowest BCUT2D eigenvalue weighted by molar-refractivity contribution is -0.126. The lowest BCUT2D eigenvalue weighted by Crippen LogP contribution is -2.46. The van der Waals surface area contributed by atoms with Crippen LogP contribution in [0.2, 0.25) is 0 Å². The average Bonchev–Trinajstić information content (AvgIpc) is 2.73. The highest BCUT2D eigenvalue weighted by Gasteiger charge is 2.19. The smallest absolute Gasteiger partial charge is 0.244 e. The first kappa shape index (κ1) is 22.2. The summed E-state index contributed by atoms with van der Waals surface area (Å²) in [5.74, 6) is 0.223. The Balaban J connectivity index is 1.90. The Labute approximate surface area is 172 Å². The van der Waals surface area contributed by atoms with E-state index in [9.17, 15) is 9.59 Å². The van der Waals surface area contributed by atoms with E-state index >= 15 is 0 Å². The third-order valence-corrected chi connectivity index (χ3v) is 4.55. The number of nitrogens with zero attached hydrogens (tertiary/aromatic N) is 1. The van der Waals surface area contributed by atoms with E-state index in [1.165, 1.54) is 6.08 Å². The van der Waals surface area contributed by atoms with Crippen molar-refractivity contribution in [2.24, 2.45) is 0 Å². The number of carbonyl (C=O) groups excluding carboxylic acids is 2. The maximum atomic E-state index is 12.4. The summed E-state index contributed by atoms with van der Waals surface area (Å²) in [6.45, 7) is 2.08. The summed E-state index contributed by atoms with van der Waals surface area (Å²) in [6.07, 6.45) is 3.14. The molecule has 29 heavy (non-hydrogen) atoms. The lowest BCUT2D eigenvalue weighted by Gasteiger charge is -2.26. The maximum absolute atomic E-state index is 12.4. The second-order valence-corrected chi connectivity index (χ2v) is 6.98. The van der Waals surface area contributed by atoms with E-state index in [0.717, 1.165) is 16.9 Å². The topological polar surface area (TPSA) is 70.7 Å². The van der Waals surface area contributed by atoms with Crippen molar-refractivity contribution in [1.82, 2.24) is 15.5 Å². The van der Waals surface area contributed by atoms with Crippen LogP contribution in [0.5, 0.6) is 5.75 Å². The number of rotatable bonds is 9. The summed E-state index contributed by atoms with van der Waals surface area (Å²) in [6, 6.07) is 16.6. The van der Waals surface area contributed by atoms with E-state index in [-0.39, 0.29) is 17.9 Å². The second-order valence-electron chi connectivity index (χ2n) is 6.98. The Hall–Kier alpha value is -3.12. The van der Waals surface area contributed by atoms with Crippen LogP contribution in [0.4, 0.5) is 0 Å². The Morgan fingerprint density at radius 1 is 1.10 bits per heavy atom. The monoisotopic (exact) mass is 395 g/mol. The number of hydrogen-bond donors (Lipinski definition) is 2. The van der Waals surface area contributed by atoms with E-state index in [1.54, 1.807) is 20.1 Å². The van der Waals surface area contributed by atoms with Crippen LogP contribution in [-0.4, -0.2) is 50.5 Å². The molecule has 6 heteroatoms. The molecule has 6 nitrogen and oxygen atoms in total. The molecule has 0 aliphatic rings. The van der Waals surface area contributed by atoms with Crippen molar-refractivity contribution in [2.45, 2.75) is 19.0 Å². The fraction of sp³-hybridized carbons (Fsp3) is 0.304. The predicted molar refractivity (Wildman–Crippen MR) is 116 cm³/mol. The summed E-state index contributed by atoms with van der Waals surface area (Å²) in [7, 11) is 5.54. The third kappa shape index (κ3) is 7.08. The van der Waals surface area contributed by atoms with E-state index < -0.39 is 6.04 Å². The Kier molecular flexibility index (Phi) is 8.43. The average molecular weight is 396 g/mol. The number of ether oxygens (including phenoxy) is 1. The molecule has 2 aromatic carbocycles. The summed E-state index contributed by atoms with van der Waals surface area (Å²) < 4.78 is 5.29. The van der Waals surface area contributed by atoms with E-state index in [0.29, 0.717) is 6.54 Å². The van der Waals surface area contributed by atoms with Crippen LogP contribution >= 0.6 is 0 Å². The minimum atomic E-state index is -0.643. The van der Waals surface area contributed by atoms with Gasteiger partial charge in [-0.25, -0.2) is 0 Å². The highest BCUT2D eigenvalue weighted by Crippen LogP contribution is 2.22. The highest BCUT2D eigenvalue weighted by atomic mass is 16.5. The molecule has 2 aromatic rings. The number of amides is 2. The molecule has 2 amide bonds. The van der Waals surface area contributed by atoms with Gasteiger partial charge in [-0.15, -0.1) is 0 Å². The van der Waals surface area contributed by atoms with Gasteiger partial charge in [0.2, 0.25) is 11.8 Å². The van der Waals surface area contributed by atoms with Crippen LogP contribution in [0.25, 0.3) is 6.08 Å². The number of carbonyl (C=O) groups is 2. The van der Waals surface area contributed by atoms with Gasteiger partial charge >= 0.3 is 0 Å². The number of benzene rings is 2. The van der Waals surface area contributed by atoms with Crippen molar-refractivity contribution in [2.75, 3.05) is 27.7 Å². The standard InChI is InChI=1S/C23H29N3O3/c1-17(25-22(27)14-13-18-9-6-5-7-10-18)23(28)24-16-21(26(2)3)19-11-8-12-20(15-19)29-4/h5-15,17,21H,16H2,1-4H3,(H,24,28)(H,25,27). The van der Waals surface area contributed by atoms with E-state index in [1.807, 2.05) is 73.6 Å². The largest absolute Gasteiger partial charge is 0.497 e. The summed E-state index contributed by atoms with van der Waals surface area (Å²) >= 11 is 0. The van der Waals surface area contributed by atoms with Crippen molar-refractivity contribution >= 4 is 17.9 Å². The molecule has 0 saturated carbocycles.